The highest BCUT2D eigenvalue weighted by Crippen LogP contribution is 2.54. The number of rotatable bonds is 2. The third-order valence-electron chi connectivity index (χ3n) is 4.54. The van der Waals surface area contributed by atoms with Crippen LogP contribution in [-0.2, 0) is 15.0 Å². The molecular weight excluding hydrogens is 314 g/mol. The van der Waals surface area contributed by atoms with Crippen LogP contribution in [0.4, 0.5) is 5.69 Å². The maximum absolute atomic E-state index is 13.1. The van der Waals surface area contributed by atoms with Crippen molar-refractivity contribution in [3.8, 4) is 17.2 Å². The topological polar surface area (TPSA) is 107 Å². The van der Waals surface area contributed by atoms with Crippen molar-refractivity contribution in [2.24, 2.45) is 0 Å². The Morgan fingerprint density at radius 3 is 2.62 bits per heavy atom. The van der Waals surface area contributed by atoms with Crippen molar-refractivity contribution in [1.29, 1.82) is 0 Å². The summed E-state index contributed by atoms with van der Waals surface area (Å²) in [4.78, 5) is 25.5. The molecule has 2 aromatic rings. The Hall–Kier alpha value is -3.22. The molecule has 1 amide bonds. The number of phenolic OH excluding ortho intramolecular Hbond substituents is 2. The Labute approximate surface area is 136 Å². The highest BCUT2D eigenvalue weighted by Gasteiger charge is 2.57. The second-order valence-corrected chi connectivity index (χ2v) is 5.83. The summed E-state index contributed by atoms with van der Waals surface area (Å²) in [5.41, 5.74) is 0.337. The number of ether oxygens (including phenoxy) is 1. The third-order valence-corrected chi connectivity index (χ3v) is 4.54. The summed E-state index contributed by atoms with van der Waals surface area (Å²) >= 11 is 0. The lowest BCUT2D eigenvalue weighted by molar-refractivity contribution is -0.137. The van der Waals surface area contributed by atoms with Gasteiger partial charge in [0, 0.05) is 17.3 Å². The van der Waals surface area contributed by atoms with E-state index in [1.54, 1.807) is 24.3 Å². The van der Waals surface area contributed by atoms with Gasteiger partial charge in [0.1, 0.15) is 24.3 Å². The van der Waals surface area contributed by atoms with Crippen molar-refractivity contribution in [2.75, 3.05) is 18.1 Å². The molecule has 2 aliphatic rings. The van der Waals surface area contributed by atoms with Gasteiger partial charge in [0.2, 0.25) is 5.91 Å². The van der Waals surface area contributed by atoms with Gasteiger partial charge < -0.3 is 20.1 Å². The molecule has 0 aromatic heterocycles. The first-order valence-electron chi connectivity index (χ1n) is 7.27. The van der Waals surface area contributed by atoms with E-state index < -0.39 is 23.8 Å². The lowest BCUT2D eigenvalue weighted by Gasteiger charge is -2.22. The first-order chi connectivity index (χ1) is 11.4. The minimum atomic E-state index is -1.22. The summed E-state index contributed by atoms with van der Waals surface area (Å²) in [6, 6.07) is 9.48. The first-order valence-corrected chi connectivity index (χ1v) is 7.27. The fraction of sp³-hybridized carbons (Fsp3) is 0.176. The molecule has 0 fully saturated rings. The Balaban J connectivity index is 1.96. The second-order valence-electron chi connectivity index (χ2n) is 5.83. The Morgan fingerprint density at radius 1 is 1.17 bits per heavy atom. The normalized spacial score (nSPS) is 20.8. The average molecular weight is 327 g/mol. The summed E-state index contributed by atoms with van der Waals surface area (Å²) in [6.45, 7) is -0.478. The summed E-state index contributed by atoms with van der Waals surface area (Å²) in [5, 5.41) is 28.6. The van der Waals surface area contributed by atoms with Gasteiger partial charge in [-0.15, -0.1) is 0 Å². The standard InChI is InChI=1S/C17H13NO6/c19-12-5-10-14(6-13(12)20)24-8-17(10)9-3-1-2-4-11(9)18(16(17)23)7-15(21)22/h1-6,19-20H,7-8H2,(H,21,22). The molecule has 2 heterocycles. The number of hydrogen-bond acceptors (Lipinski definition) is 5. The van der Waals surface area contributed by atoms with E-state index in [0.29, 0.717) is 22.6 Å². The van der Waals surface area contributed by atoms with Crippen LogP contribution in [0.5, 0.6) is 17.2 Å². The molecule has 1 atom stereocenters. The molecule has 3 N–H and O–H groups in total. The number of aromatic hydroxyl groups is 2. The summed E-state index contributed by atoms with van der Waals surface area (Å²) in [5.74, 6) is -1.95. The number of amides is 1. The molecule has 1 unspecified atom stereocenters. The van der Waals surface area contributed by atoms with Crippen molar-refractivity contribution in [1.82, 2.24) is 0 Å². The molecule has 122 valence electrons. The van der Waals surface area contributed by atoms with Gasteiger partial charge in [-0.2, -0.15) is 0 Å². The quantitative estimate of drug-likeness (QED) is 0.716. The number of benzene rings is 2. The van der Waals surface area contributed by atoms with E-state index in [0.717, 1.165) is 0 Å². The zero-order valence-electron chi connectivity index (χ0n) is 12.4. The molecule has 0 saturated carbocycles. The Morgan fingerprint density at radius 2 is 1.88 bits per heavy atom. The van der Waals surface area contributed by atoms with Gasteiger partial charge in [-0.05, 0) is 17.7 Å². The lowest BCUT2D eigenvalue weighted by Crippen LogP contribution is -2.44. The summed E-state index contributed by atoms with van der Waals surface area (Å²) in [6.07, 6.45) is 0. The number of hydrogen-bond donors (Lipinski definition) is 3. The van der Waals surface area contributed by atoms with E-state index in [1.165, 1.54) is 17.0 Å². The summed E-state index contributed by atoms with van der Waals surface area (Å²) in [7, 11) is 0. The second kappa shape index (κ2) is 4.64. The van der Waals surface area contributed by atoms with Crippen molar-refractivity contribution in [2.45, 2.75) is 5.41 Å². The number of fused-ring (bicyclic) bond motifs is 4. The fourth-order valence-corrected chi connectivity index (χ4v) is 3.49. The monoisotopic (exact) mass is 327 g/mol. The molecule has 2 aromatic carbocycles. The zero-order valence-corrected chi connectivity index (χ0v) is 12.4. The molecule has 2 aliphatic heterocycles. The van der Waals surface area contributed by atoms with Crippen molar-refractivity contribution in [3.05, 3.63) is 47.5 Å². The van der Waals surface area contributed by atoms with E-state index >= 15 is 0 Å². The van der Waals surface area contributed by atoms with Crippen LogP contribution in [-0.4, -0.2) is 40.3 Å². The van der Waals surface area contributed by atoms with E-state index in [2.05, 4.69) is 0 Å². The van der Waals surface area contributed by atoms with Gasteiger partial charge >= 0.3 is 5.97 Å². The number of aliphatic carboxylic acids is 1. The van der Waals surface area contributed by atoms with Gasteiger partial charge in [-0.3, -0.25) is 14.5 Å². The molecule has 1 spiro atoms. The van der Waals surface area contributed by atoms with Crippen LogP contribution in [0.1, 0.15) is 11.1 Å². The van der Waals surface area contributed by atoms with E-state index in [1.807, 2.05) is 0 Å². The van der Waals surface area contributed by atoms with Crippen molar-refractivity contribution < 1.29 is 29.6 Å². The van der Waals surface area contributed by atoms with E-state index in [-0.39, 0.29) is 18.1 Å². The highest BCUT2D eigenvalue weighted by molar-refractivity contribution is 6.13. The number of para-hydroxylation sites is 1. The van der Waals surface area contributed by atoms with Crippen LogP contribution in [0.15, 0.2) is 36.4 Å². The molecule has 24 heavy (non-hydrogen) atoms. The average Bonchev–Trinajstić information content (AvgIpc) is 3.01. The molecular formula is C17H13NO6. The van der Waals surface area contributed by atoms with Crippen molar-refractivity contribution in [3.63, 3.8) is 0 Å². The SMILES string of the molecule is O=C(O)CN1C(=O)C2(COc3cc(O)c(O)cc32)c2ccccc21. The number of phenols is 2. The third kappa shape index (κ3) is 1.66. The number of carboxylic acids is 1. The van der Waals surface area contributed by atoms with Gasteiger partial charge in [0.05, 0.1) is 0 Å². The highest BCUT2D eigenvalue weighted by atomic mass is 16.5. The molecule has 0 bridgehead atoms. The lowest BCUT2D eigenvalue weighted by atomic mass is 9.77. The fourth-order valence-electron chi connectivity index (χ4n) is 3.49. The molecule has 7 heteroatoms. The van der Waals surface area contributed by atoms with Gasteiger partial charge in [0.15, 0.2) is 11.5 Å². The molecule has 0 saturated heterocycles. The zero-order chi connectivity index (χ0) is 17.1. The van der Waals surface area contributed by atoms with Crippen LogP contribution in [0.2, 0.25) is 0 Å². The van der Waals surface area contributed by atoms with E-state index in [9.17, 15) is 19.8 Å². The molecule has 0 aliphatic carbocycles. The van der Waals surface area contributed by atoms with Crippen LogP contribution < -0.4 is 9.64 Å². The smallest absolute Gasteiger partial charge is 0.323 e. The van der Waals surface area contributed by atoms with Crippen molar-refractivity contribution >= 4 is 17.6 Å². The largest absolute Gasteiger partial charge is 0.504 e. The predicted octanol–water partition coefficient (Wildman–Crippen LogP) is 1.21. The predicted molar refractivity (Wildman–Crippen MR) is 82.5 cm³/mol. The maximum atomic E-state index is 13.1. The number of carboxylic acid groups (broad SMARTS) is 1. The van der Waals surface area contributed by atoms with Crippen LogP contribution in [0.3, 0.4) is 0 Å². The summed E-state index contributed by atoms with van der Waals surface area (Å²) < 4.78 is 5.59. The number of anilines is 1. The van der Waals surface area contributed by atoms with Crippen LogP contribution in [0, 0.1) is 0 Å². The van der Waals surface area contributed by atoms with Gasteiger partial charge in [-0.25, -0.2) is 0 Å². The number of carbonyl (C=O) groups excluding carboxylic acids is 1. The molecule has 7 nitrogen and oxygen atoms in total. The number of carbonyl (C=O) groups is 2. The van der Waals surface area contributed by atoms with Gasteiger partial charge in [-0.1, -0.05) is 18.2 Å². The van der Waals surface area contributed by atoms with E-state index in [4.69, 9.17) is 9.84 Å². The maximum Gasteiger partial charge on any atom is 0.323 e. The van der Waals surface area contributed by atoms with Crippen LogP contribution in [0.25, 0.3) is 0 Å². The minimum Gasteiger partial charge on any atom is -0.504 e. The molecule has 0 radical (unpaired) electrons. The minimum absolute atomic E-state index is 0.0167. The Kier molecular flexibility index (Phi) is 2.78. The first kappa shape index (κ1) is 14.4. The Bertz CT molecular complexity index is 893. The number of nitrogens with zero attached hydrogens (tertiary/aromatic N) is 1. The van der Waals surface area contributed by atoms with Gasteiger partial charge in [0.25, 0.3) is 0 Å². The molecule has 4 rings (SSSR count). The van der Waals surface area contributed by atoms with Crippen LogP contribution >= 0.6 is 0 Å².